The minimum absolute atomic E-state index is 0.108. The molecule has 2 bridgehead atoms. The van der Waals surface area contributed by atoms with Crippen molar-refractivity contribution in [3.8, 4) is 6.07 Å². The van der Waals surface area contributed by atoms with Crippen LogP contribution in [0.15, 0.2) is 41.3 Å². The Balaban J connectivity index is 1.66. The van der Waals surface area contributed by atoms with Crippen LogP contribution in [0.3, 0.4) is 0 Å². The molecule has 2 aromatic rings. The maximum Gasteiger partial charge on any atom is 0.250 e. The monoisotopic (exact) mass is 292 g/mol. The van der Waals surface area contributed by atoms with Gasteiger partial charge in [-0.1, -0.05) is 6.07 Å². The van der Waals surface area contributed by atoms with E-state index in [4.69, 9.17) is 5.26 Å². The summed E-state index contributed by atoms with van der Waals surface area (Å²) in [4.78, 5) is 18.7. The Bertz CT molecular complexity index is 803. The van der Waals surface area contributed by atoms with Crippen LogP contribution in [0.4, 0.5) is 5.82 Å². The van der Waals surface area contributed by atoms with Crippen LogP contribution in [-0.2, 0) is 6.54 Å². The molecule has 4 rings (SSSR count). The van der Waals surface area contributed by atoms with E-state index in [1.54, 1.807) is 12.3 Å². The number of hydrogen-bond acceptors (Lipinski definition) is 4. The zero-order valence-electron chi connectivity index (χ0n) is 12.1. The summed E-state index contributed by atoms with van der Waals surface area (Å²) in [6, 6.07) is 11.4. The predicted octanol–water partition coefficient (Wildman–Crippen LogP) is 1.74. The van der Waals surface area contributed by atoms with Crippen molar-refractivity contribution in [2.24, 2.45) is 5.92 Å². The predicted molar refractivity (Wildman–Crippen MR) is 82.7 cm³/mol. The second-order valence-electron chi connectivity index (χ2n) is 6.12. The average Bonchev–Trinajstić information content (AvgIpc) is 2.56. The molecule has 2 aliphatic heterocycles. The van der Waals surface area contributed by atoms with Crippen molar-refractivity contribution in [3.05, 3.63) is 58.1 Å². The summed E-state index contributed by atoms with van der Waals surface area (Å²) in [6.07, 6.45) is 2.76. The first-order chi connectivity index (χ1) is 10.7. The fourth-order valence-electron chi connectivity index (χ4n) is 3.72. The first-order valence-electron chi connectivity index (χ1n) is 7.55. The quantitative estimate of drug-likeness (QED) is 0.803. The van der Waals surface area contributed by atoms with Crippen molar-refractivity contribution >= 4 is 5.82 Å². The van der Waals surface area contributed by atoms with Crippen LogP contribution in [0.2, 0.25) is 0 Å². The molecule has 0 saturated carbocycles. The smallest absolute Gasteiger partial charge is 0.250 e. The Labute approximate surface area is 128 Å². The number of fused-ring (bicyclic) bond motifs is 4. The lowest BCUT2D eigenvalue weighted by molar-refractivity contribution is 0.280. The van der Waals surface area contributed by atoms with Gasteiger partial charge >= 0.3 is 0 Å². The summed E-state index contributed by atoms with van der Waals surface area (Å²) in [6.45, 7) is 2.58. The van der Waals surface area contributed by atoms with Crippen molar-refractivity contribution in [3.63, 3.8) is 0 Å². The fourth-order valence-corrected chi connectivity index (χ4v) is 3.72. The molecule has 1 fully saturated rings. The molecule has 2 aromatic heterocycles. The van der Waals surface area contributed by atoms with E-state index in [0.29, 0.717) is 17.4 Å². The highest BCUT2D eigenvalue weighted by Crippen LogP contribution is 2.36. The van der Waals surface area contributed by atoms with Crippen LogP contribution in [0.1, 0.15) is 23.6 Å². The van der Waals surface area contributed by atoms with E-state index < -0.39 is 0 Å². The summed E-state index contributed by atoms with van der Waals surface area (Å²) in [5, 5.41) is 8.87. The normalized spacial score (nSPS) is 22.8. The maximum atomic E-state index is 12.0. The number of piperidine rings is 1. The Morgan fingerprint density at radius 1 is 1.18 bits per heavy atom. The van der Waals surface area contributed by atoms with Crippen LogP contribution in [0.25, 0.3) is 0 Å². The summed E-state index contributed by atoms with van der Waals surface area (Å²) in [5.41, 5.74) is 1.83. The molecule has 5 heteroatoms. The van der Waals surface area contributed by atoms with Crippen LogP contribution in [0, 0.1) is 17.2 Å². The molecule has 1 saturated heterocycles. The van der Waals surface area contributed by atoms with E-state index >= 15 is 0 Å². The highest BCUT2D eigenvalue weighted by Gasteiger charge is 2.34. The highest BCUT2D eigenvalue weighted by atomic mass is 16.1. The number of nitriles is 1. The van der Waals surface area contributed by atoms with Gasteiger partial charge in [0.05, 0.1) is 5.56 Å². The third-order valence-electron chi connectivity index (χ3n) is 4.68. The van der Waals surface area contributed by atoms with E-state index in [1.807, 2.05) is 22.8 Å². The molecule has 0 aliphatic carbocycles. The summed E-state index contributed by atoms with van der Waals surface area (Å²) >= 11 is 0. The second kappa shape index (κ2) is 4.99. The molecule has 0 radical (unpaired) electrons. The zero-order chi connectivity index (χ0) is 15.1. The molecule has 2 atom stereocenters. The Kier molecular flexibility index (Phi) is 2.97. The Morgan fingerprint density at radius 3 is 2.86 bits per heavy atom. The molecule has 5 nitrogen and oxygen atoms in total. The van der Waals surface area contributed by atoms with Crippen LogP contribution in [-0.4, -0.2) is 22.6 Å². The Morgan fingerprint density at radius 2 is 2.09 bits per heavy atom. The van der Waals surface area contributed by atoms with E-state index in [-0.39, 0.29) is 5.56 Å². The number of hydrogen-bond donors (Lipinski definition) is 0. The number of pyridine rings is 2. The molecule has 22 heavy (non-hydrogen) atoms. The van der Waals surface area contributed by atoms with Crippen LogP contribution in [0.5, 0.6) is 0 Å². The molecule has 0 amide bonds. The number of rotatable bonds is 1. The average molecular weight is 292 g/mol. The molecule has 2 aliphatic rings. The molecule has 0 N–H and O–H groups in total. The standard InChI is InChI=1S/C17H16N4O/c18-7-12-4-5-16(19-8-12)20-9-13-6-14(11-20)15-2-1-3-17(22)21(15)10-13/h1-5,8,13-14H,6,9-11H2. The van der Waals surface area contributed by atoms with Gasteiger partial charge in [-0.15, -0.1) is 0 Å². The maximum absolute atomic E-state index is 12.0. The van der Waals surface area contributed by atoms with Gasteiger partial charge in [-0.05, 0) is 30.5 Å². The lowest BCUT2D eigenvalue weighted by atomic mass is 9.83. The summed E-state index contributed by atoms with van der Waals surface area (Å²) < 4.78 is 1.93. The largest absolute Gasteiger partial charge is 0.356 e. The molecule has 0 aromatic carbocycles. The third-order valence-corrected chi connectivity index (χ3v) is 4.68. The van der Waals surface area contributed by atoms with Gasteiger partial charge in [-0.25, -0.2) is 4.98 Å². The van der Waals surface area contributed by atoms with Crippen molar-refractivity contribution in [2.45, 2.75) is 18.9 Å². The minimum Gasteiger partial charge on any atom is -0.356 e. The number of anilines is 1. The van der Waals surface area contributed by atoms with E-state index in [1.165, 1.54) is 0 Å². The number of nitrogens with zero attached hydrogens (tertiary/aromatic N) is 4. The second-order valence-corrected chi connectivity index (χ2v) is 6.12. The van der Waals surface area contributed by atoms with Gasteiger partial charge in [0, 0.05) is 43.5 Å². The summed E-state index contributed by atoms with van der Waals surface area (Å²) in [5.74, 6) is 1.77. The van der Waals surface area contributed by atoms with Gasteiger partial charge in [0.1, 0.15) is 11.9 Å². The molecule has 110 valence electrons. The van der Waals surface area contributed by atoms with Gasteiger partial charge in [0.15, 0.2) is 0 Å². The number of aromatic nitrogens is 2. The molecule has 4 heterocycles. The SMILES string of the molecule is N#Cc1ccc(N2CC3CC(C2)c2cccc(=O)n2C3)nc1. The van der Waals surface area contributed by atoms with Gasteiger partial charge < -0.3 is 9.47 Å². The topological polar surface area (TPSA) is 61.9 Å². The van der Waals surface area contributed by atoms with Crippen molar-refractivity contribution < 1.29 is 0 Å². The van der Waals surface area contributed by atoms with E-state index in [0.717, 1.165) is 37.6 Å². The van der Waals surface area contributed by atoms with Crippen LogP contribution >= 0.6 is 0 Å². The summed E-state index contributed by atoms with van der Waals surface area (Å²) in [7, 11) is 0. The Hall–Kier alpha value is -2.61. The minimum atomic E-state index is 0.108. The molecule has 2 unspecified atom stereocenters. The molecular formula is C17H16N4O. The highest BCUT2D eigenvalue weighted by molar-refractivity contribution is 5.43. The van der Waals surface area contributed by atoms with Gasteiger partial charge in [0.2, 0.25) is 0 Å². The third kappa shape index (κ3) is 2.08. The van der Waals surface area contributed by atoms with Crippen molar-refractivity contribution in [2.75, 3.05) is 18.0 Å². The van der Waals surface area contributed by atoms with Gasteiger partial charge in [-0.2, -0.15) is 5.26 Å². The lowest BCUT2D eigenvalue weighted by Gasteiger charge is -2.43. The first-order valence-corrected chi connectivity index (χ1v) is 7.55. The van der Waals surface area contributed by atoms with E-state index in [2.05, 4.69) is 22.0 Å². The fraction of sp³-hybridized carbons (Fsp3) is 0.353. The van der Waals surface area contributed by atoms with Crippen molar-refractivity contribution in [1.29, 1.82) is 5.26 Å². The zero-order valence-corrected chi connectivity index (χ0v) is 12.1. The molecular weight excluding hydrogens is 276 g/mol. The molecule has 0 spiro atoms. The van der Waals surface area contributed by atoms with Gasteiger partial charge in [-0.3, -0.25) is 4.79 Å². The first kappa shape index (κ1) is 13.1. The van der Waals surface area contributed by atoms with Crippen LogP contribution < -0.4 is 10.5 Å². The van der Waals surface area contributed by atoms with Gasteiger partial charge in [0.25, 0.3) is 5.56 Å². The van der Waals surface area contributed by atoms with Crippen molar-refractivity contribution in [1.82, 2.24) is 9.55 Å². The van der Waals surface area contributed by atoms with E-state index in [9.17, 15) is 4.79 Å². The lowest BCUT2D eigenvalue weighted by Crippen LogP contribution is -2.47.